The van der Waals surface area contributed by atoms with E-state index in [1.54, 1.807) is 24.3 Å². The van der Waals surface area contributed by atoms with Gasteiger partial charge in [0.2, 0.25) is 0 Å². The zero-order valence-electron chi connectivity index (χ0n) is 16.2. The van der Waals surface area contributed by atoms with Gasteiger partial charge in [-0.3, -0.25) is 4.72 Å². The highest BCUT2D eigenvalue weighted by molar-refractivity contribution is 7.92. The van der Waals surface area contributed by atoms with Crippen LogP contribution in [-0.2, 0) is 10.0 Å². The van der Waals surface area contributed by atoms with Gasteiger partial charge in [0, 0.05) is 31.5 Å². The van der Waals surface area contributed by atoms with Crippen molar-refractivity contribution in [3.05, 3.63) is 66.0 Å². The van der Waals surface area contributed by atoms with Crippen molar-refractivity contribution in [1.29, 1.82) is 5.26 Å². The Hall–Kier alpha value is -3.64. The fourth-order valence-corrected chi connectivity index (χ4v) is 3.60. The number of aromatic nitrogens is 2. The quantitative estimate of drug-likeness (QED) is 0.644. The summed E-state index contributed by atoms with van der Waals surface area (Å²) in [7, 11) is 0.0694. The molecule has 3 aromatic rings. The third kappa shape index (κ3) is 5.00. The third-order valence-corrected chi connectivity index (χ3v) is 5.38. The van der Waals surface area contributed by atoms with E-state index in [4.69, 9.17) is 5.26 Å². The number of nitrogens with one attached hydrogen (secondary N) is 2. The van der Waals surface area contributed by atoms with Crippen LogP contribution in [0, 0.1) is 18.3 Å². The van der Waals surface area contributed by atoms with Crippen LogP contribution >= 0.6 is 0 Å². The fraction of sp³-hybridized carbons (Fsp3) is 0.150. The third-order valence-electron chi connectivity index (χ3n) is 3.99. The minimum atomic E-state index is -3.74. The molecule has 3 rings (SSSR count). The number of benzene rings is 2. The summed E-state index contributed by atoms with van der Waals surface area (Å²) < 4.78 is 27.5. The van der Waals surface area contributed by atoms with Crippen LogP contribution in [0.1, 0.15) is 11.4 Å². The van der Waals surface area contributed by atoms with Crippen molar-refractivity contribution in [1.82, 2.24) is 9.97 Å². The van der Waals surface area contributed by atoms with Gasteiger partial charge in [0.15, 0.2) is 0 Å². The molecule has 0 spiro atoms. The van der Waals surface area contributed by atoms with Gasteiger partial charge in [0.25, 0.3) is 10.0 Å². The Bertz CT molecular complexity index is 1150. The summed E-state index contributed by atoms with van der Waals surface area (Å²) in [6.45, 7) is 1.82. The Morgan fingerprint density at radius 1 is 0.966 bits per heavy atom. The zero-order chi connectivity index (χ0) is 21.0. The summed E-state index contributed by atoms with van der Waals surface area (Å²) in [6.07, 6.45) is 0. The lowest BCUT2D eigenvalue weighted by atomic mass is 10.2. The van der Waals surface area contributed by atoms with Gasteiger partial charge in [0.05, 0.1) is 16.5 Å². The Morgan fingerprint density at radius 2 is 1.59 bits per heavy atom. The molecule has 148 valence electrons. The number of anilines is 4. The van der Waals surface area contributed by atoms with Crippen LogP contribution < -0.4 is 14.9 Å². The minimum absolute atomic E-state index is 0.0892. The second kappa shape index (κ2) is 8.16. The maximum absolute atomic E-state index is 12.5. The van der Waals surface area contributed by atoms with Gasteiger partial charge in [-0.2, -0.15) is 5.26 Å². The van der Waals surface area contributed by atoms with Crippen LogP contribution in [0.15, 0.2) is 59.5 Å². The molecule has 0 atom stereocenters. The molecule has 0 radical (unpaired) electrons. The van der Waals surface area contributed by atoms with E-state index < -0.39 is 10.0 Å². The van der Waals surface area contributed by atoms with E-state index in [2.05, 4.69) is 20.0 Å². The molecule has 0 aliphatic rings. The van der Waals surface area contributed by atoms with E-state index in [9.17, 15) is 8.42 Å². The molecule has 2 N–H and O–H groups in total. The predicted octanol–water partition coefficient (Wildman–Crippen LogP) is 3.27. The average Bonchev–Trinajstić information content (AvgIpc) is 2.69. The van der Waals surface area contributed by atoms with E-state index in [1.165, 1.54) is 24.3 Å². The molecule has 0 aliphatic heterocycles. The smallest absolute Gasteiger partial charge is 0.261 e. The molecule has 8 nitrogen and oxygen atoms in total. The topological polar surface area (TPSA) is 111 Å². The molecule has 0 fully saturated rings. The van der Waals surface area contributed by atoms with Crippen LogP contribution in [0.3, 0.4) is 0 Å². The lowest BCUT2D eigenvalue weighted by molar-refractivity contribution is 0.601. The first-order chi connectivity index (χ1) is 13.8. The van der Waals surface area contributed by atoms with E-state index in [0.29, 0.717) is 22.9 Å². The highest BCUT2D eigenvalue weighted by Gasteiger charge is 2.14. The summed E-state index contributed by atoms with van der Waals surface area (Å²) in [5.41, 5.74) is 1.58. The van der Waals surface area contributed by atoms with Gasteiger partial charge in [-0.05, 0) is 55.5 Å². The number of nitriles is 1. The molecule has 2 aromatic carbocycles. The Labute approximate surface area is 169 Å². The molecule has 0 amide bonds. The predicted molar refractivity (Wildman–Crippen MR) is 113 cm³/mol. The Kier molecular flexibility index (Phi) is 5.66. The highest BCUT2D eigenvalue weighted by Crippen LogP contribution is 2.22. The number of rotatable bonds is 6. The van der Waals surface area contributed by atoms with Crippen LogP contribution in [0.5, 0.6) is 0 Å². The number of sulfonamides is 1. The largest absolute Gasteiger partial charge is 0.363 e. The van der Waals surface area contributed by atoms with Gasteiger partial charge >= 0.3 is 0 Å². The first-order valence-electron chi connectivity index (χ1n) is 8.70. The normalized spacial score (nSPS) is 10.8. The SMILES string of the molecule is Cc1nc(Nc2ccc(NS(=O)(=O)c3ccc(C#N)cc3)cc2)cc(N(C)C)n1. The van der Waals surface area contributed by atoms with Crippen LogP contribution in [0.2, 0.25) is 0 Å². The summed E-state index contributed by atoms with van der Waals surface area (Å²) in [4.78, 5) is 10.7. The summed E-state index contributed by atoms with van der Waals surface area (Å²) in [5.74, 6) is 2.07. The molecule has 29 heavy (non-hydrogen) atoms. The maximum atomic E-state index is 12.5. The zero-order valence-corrected chi connectivity index (χ0v) is 17.0. The minimum Gasteiger partial charge on any atom is -0.363 e. The van der Waals surface area contributed by atoms with Crippen LogP contribution in [-0.4, -0.2) is 32.5 Å². The van der Waals surface area contributed by atoms with Crippen molar-refractivity contribution < 1.29 is 8.42 Å². The van der Waals surface area contributed by atoms with Gasteiger partial charge in [0.1, 0.15) is 17.5 Å². The van der Waals surface area contributed by atoms with Crippen molar-refractivity contribution in [3.8, 4) is 6.07 Å². The van der Waals surface area contributed by atoms with Crippen LogP contribution in [0.25, 0.3) is 0 Å². The molecular weight excluding hydrogens is 388 g/mol. The van der Waals surface area contributed by atoms with Crippen LogP contribution in [0.4, 0.5) is 23.0 Å². The number of nitrogens with zero attached hydrogens (tertiary/aromatic N) is 4. The van der Waals surface area contributed by atoms with E-state index in [0.717, 1.165) is 11.5 Å². The summed E-state index contributed by atoms with van der Waals surface area (Å²) >= 11 is 0. The van der Waals surface area contributed by atoms with Gasteiger partial charge in [-0.25, -0.2) is 18.4 Å². The van der Waals surface area contributed by atoms with Gasteiger partial charge in [-0.1, -0.05) is 0 Å². The molecule has 0 bridgehead atoms. The van der Waals surface area contributed by atoms with Crippen molar-refractivity contribution in [2.75, 3.05) is 29.0 Å². The first-order valence-corrected chi connectivity index (χ1v) is 10.2. The molecule has 0 saturated carbocycles. The van der Waals surface area contributed by atoms with E-state index >= 15 is 0 Å². The Balaban J connectivity index is 1.74. The van der Waals surface area contributed by atoms with E-state index in [1.807, 2.05) is 38.1 Å². The molecule has 9 heteroatoms. The lowest BCUT2D eigenvalue weighted by Crippen LogP contribution is -2.13. The molecule has 0 aliphatic carbocycles. The Morgan fingerprint density at radius 3 is 2.17 bits per heavy atom. The van der Waals surface area contributed by atoms with Crippen molar-refractivity contribution >= 4 is 33.0 Å². The van der Waals surface area contributed by atoms with Crippen molar-refractivity contribution in [3.63, 3.8) is 0 Å². The summed E-state index contributed by atoms with van der Waals surface area (Å²) in [6, 6.07) is 16.3. The average molecular weight is 408 g/mol. The van der Waals surface area contributed by atoms with Gasteiger partial charge < -0.3 is 10.2 Å². The molecular formula is C20H20N6O2S. The van der Waals surface area contributed by atoms with Crippen molar-refractivity contribution in [2.24, 2.45) is 0 Å². The summed E-state index contributed by atoms with van der Waals surface area (Å²) in [5, 5.41) is 12.0. The molecule has 0 saturated heterocycles. The number of aryl methyl sites for hydroxylation is 1. The molecule has 1 heterocycles. The highest BCUT2D eigenvalue weighted by atomic mass is 32.2. The monoisotopic (exact) mass is 408 g/mol. The maximum Gasteiger partial charge on any atom is 0.261 e. The second-order valence-corrected chi connectivity index (χ2v) is 8.18. The lowest BCUT2D eigenvalue weighted by Gasteiger charge is -2.14. The van der Waals surface area contributed by atoms with E-state index in [-0.39, 0.29) is 4.90 Å². The fourth-order valence-electron chi connectivity index (χ4n) is 2.54. The van der Waals surface area contributed by atoms with Crippen molar-refractivity contribution in [2.45, 2.75) is 11.8 Å². The first kappa shape index (κ1) is 20.1. The standard InChI is InChI=1S/C20H20N6O2S/c1-14-22-19(12-20(23-14)26(2)3)24-16-6-8-17(9-7-16)25-29(27,28)18-10-4-15(13-21)5-11-18/h4-12,25H,1-3H3,(H,22,23,24). The second-order valence-electron chi connectivity index (χ2n) is 6.50. The molecule has 1 aromatic heterocycles. The molecule has 0 unspecified atom stereocenters. The number of hydrogen-bond donors (Lipinski definition) is 2. The van der Waals surface area contributed by atoms with Gasteiger partial charge in [-0.15, -0.1) is 0 Å². The number of hydrogen-bond acceptors (Lipinski definition) is 7.